The van der Waals surface area contributed by atoms with E-state index in [2.05, 4.69) is 22.0 Å². The molecule has 2 amide bonds. The van der Waals surface area contributed by atoms with Gasteiger partial charge in [0.05, 0.1) is 25.3 Å². The Bertz CT molecular complexity index is 641. The van der Waals surface area contributed by atoms with Crippen LogP contribution in [0.25, 0.3) is 0 Å². The average molecular weight is 374 g/mol. The molecule has 27 heavy (non-hydrogen) atoms. The largest absolute Gasteiger partial charge is 0.497 e. The van der Waals surface area contributed by atoms with E-state index in [4.69, 9.17) is 4.74 Å². The molecule has 0 bridgehead atoms. The summed E-state index contributed by atoms with van der Waals surface area (Å²) in [5.74, 6) is 0.382. The Morgan fingerprint density at radius 3 is 2.37 bits per heavy atom. The van der Waals surface area contributed by atoms with Gasteiger partial charge in [0.25, 0.3) is 5.91 Å². The van der Waals surface area contributed by atoms with Crippen molar-refractivity contribution in [1.82, 2.24) is 15.1 Å². The third-order valence-corrected chi connectivity index (χ3v) is 5.43. The summed E-state index contributed by atoms with van der Waals surface area (Å²) in [5.41, 5.74) is 0.601. The van der Waals surface area contributed by atoms with Crippen molar-refractivity contribution in [2.24, 2.45) is 0 Å². The highest BCUT2D eigenvalue weighted by molar-refractivity contribution is 6.22. The number of hydrogen-bond acceptors (Lipinski definition) is 6. The van der Waals surface area contributed by atoms with Crippen LogP contribution < -0.4 is 15.0 Å². The predicted molar refractivity (Wildman–Crippen MR) is 105 cm³/mol. The number of imide groups is 1. The lowest BCUT2D eigenvalue weighted by atomic mass is 10.2. The van der Waals surface area contributed by atoms with Gasteiger partial charge in [-0.3, -0.25) is 9.59 Å². The Labute approximate surface area is 161 Å². The molecule has 7 nitrogen and oxygen atoms in total. The summed E-state index contributed by atoms with van der Waals surface area (Å²) in [7, 11) is 1.59. The van der Waals surface area contributed by atoms with Gasteiger partial charge in [-0.25, -0.2) is 4.90 Å². The first-order valence-corrected chi connectivity index (χ1v) is 9.81. The number of carbonyl (C=O) groups is 2. The van der Waals surface area contributed by atoms with Crippen molar-refractivity contribution < 1.29 is 14.3 Å². The summed E-state index contributed by atoms with van der Waals surface area (Å²) < 4.78 is 5.13. The van der Waals surface area contributed by atoms with Gasteiger partial charge >= 0.3 is 0 Å². The lowest BCUT2D eigenvalue weighted by Gasteiger charge is -2.34. The predicted octanol–water partition coefficient (Wildman–Crippen LogP) is 0.944. The number of amides is 2. The minimum absolute atomic E-state index is 0.154. The average Bonchev–Trinajstić information content (AvgIpc) is 2.99. The Morgan fingerprint density at radius 2 is 1.74 bits per heavy atom. The Balaban J connectivity index is 1.43. The summed E-state index contributed by atoms with van der Waals surface area (Å²) in [6.45, 7) is 9.59. The molecule has 2 fully saturated rings. The van der Waals surface area contributed by atoms with Gasteiger partial charge in [0.2, 0.25) is 5.91 Å². The number of nitrogens with one attached hydrogen (secondary N) is 1. The summed E-state index contributed by atoms with van der Waals surface area (Å²) >= 11 is 0. The number of anilines is 1. The normalized spacial score (nSPS) is 21.9. The molecule has 0 aliphatic carbocycles. The summed E-state index contributed by atoms with van der Waals surface area (Å²) in [5, 5.41) is 3.27. The number of benzene rings is 1. The third-order valence-electron chi connectivity index (χ3n) is 5.43. The van der Waals surface area contributed by atoms with Crippen LogP contribution in [0.3, 0.4) is 0 Å². The first-order chi connectivity index (χ1) is 13.1. The van der Waals surface area contributed by atoms with E-state index in [1.165, 1.54) is 4.90 Å². The van der Waals surface area contributed by atoms with Gasteiger partial charge in [-0.15, -0.1) is 0 Å². The van der Waals surface area contributed by atoms with Gasteiger partial charge in [0.1, 0.15) is 5.75 Å². The summed E-state index contributed by atoms with van der Waals surface area (Å²) in [4.78, 5) is 31.2. The monoisotopic (exact) mass is 374 g/mol. The van der Waals surface area contributed by atoms with Gasteiger partial charge in [-0.1, -0.05) is 6.92 Å². The van der Waals surface area contributed by atoms with Crippen LogP contribution in [0.2, 0.25) is 0 Å². The number of ether oxygens (including phenoxy) is 1. The van der Waals surface area contributed by atoms with E-state index in [0.29, 0.717) is 11.4 Å². The summed E-state index contributed by atoms with van der Waals surface area (Å²) in [6.07, 6.45) is 1.20. The number of rotatable bonds is 8. The van der Waals surface area contributed by atoms with Gasteiger partial charge < -0.3 is 19.9 Å². The quantitative estimate of drug-likeness (QED) is 0.540. The number of nitrogens with zero attached hydrogens (tertiary/aromatic N) is 3. The maximum atomic E-state index is 12.6. The maximum absolute atomic E-state index is 12.6. The van der Waals surface area contributed by atoms with Crippen molar-refractivity contribution in [3.8, 4) is 5.75 Å². The van der Waals surface area contributed by atoms with E-state index < -0.39 is 6.04 Å². The molecule has 0 unspecified atom stereocenters. The molecule has 148 valence electrons. The molecule has 3 rings (SSSR count). The molecule has 1 N–H and O–H groups in total. The highest BCUT2D eigenvalue weighted by Crippen LogP contribution is 2.25. The van der Waals surface area contributed by atoms with Crippen molar-refractivity contribution in [3.05, 3.63) is 24.3 Å². The van der Waals surface area contributed by atoms with Crippen LogP contribution in [0.4, 0.5) is 5.69 Å². The molecule has 0 spiro atoms. The van der Waals surface area contributed by atoms with Crippen LogP contribution >= 0.6 is 0 Å². The highest BCUT2D eigenvalue weighted by Gasteiger charge is 2.39. The van der Waals surface area contributed by atoms with Crippen molar-refractivity contribution >= 4 is 17.5 Å². The fraction of sp³-hybridized carbons (Fsp3) is 0.600. The van der Waals surface area contributed by atoms with Crippen LogP contribution in [0.5, 0.6) is 5.75 Å². The van der Waals surface area contributed by atoms with Crippen LogP contribution in [0, 0.1) is 0 Å². The van der Waals surface area contributed by atoms with E-state index in [0.717, 1.165) is 52.2 Å². The molecular weight excluding hydrogens is 344 g/mol. The number of carbonyl (C=O) groups excluding carboxylic acids is 2. The lowest BCUT2D eigenvalue weighted by molar-refractivity contribution is -0.121. The van der Waals surface area contributed by atoms with Gasteiger partial charge in [-0.2, -0.15) is 0 Å². The number of methoxy groups -OCH3 is 1. The fourth-order valence-corrected chi connectivity index (χ4v) is 3.70. The molecule has 1 aromatic rings. The van der Waals surface area contributed by atoms with E-state index >= 15 is 0 Å². The van der Waals surface area contributed by atoms with Crippen molar-refractivity contribution in [3.63, 3.8) is 0 Å². The molecule has 2 saturated heterocycles. The molecular formula is C20H30N4O3. The number of hydrogen-bond donors (Lipinski definition) is 1. The molecule has 0 saturated carbocycles. The Morgan fingerprint density at radius 1 is 1.07 bits per heavy atom. The van der Waals surface area contributed by atoms with E-state index in [-0.39, 0.29) is 18.2 Å². The molecule has 1 aromatic carbocycles. The number of likely N-dealkylation sites (N-methyl/N-ethyl adjacent to an activating group) is 1. The Hall–Kier alpha value is -1.96. The zero-order valence-corrected chi connectivity index (χ0v) is 16.3. The minimum Gasteiger partial charge on any atom is -0.497 e. The van der Waals surface area contributed by atoms with Gasteiger partial charge in [0.15, 0.2) is 0 Å². The smallest absolute Gasteiger partial charge is 0.251 e. The van der Waals surface area contributed by atoms with Crippen molar-refractivity contribution in [2.75, 3.05) is 57.8 Å². The first-order valence-electron chi connectivity index (χ1n) is 9.81. The molecule has 0 aromatic heterocycles. The first kappa shape index (κ1) is 19.8. The second-order valence-electron chi connectivity index (χ2n) is 7.11. The van der Waals surface area contributed by atoms with Gasteiger partial charge in [0, 0.05) is 26.2 Å². The maximum Gasteiger partial charge on any atom is 0.251 e. The van der Waals surface area contributed by atoms with Crippen LogP contribution in [0.1, 0.15) is 19.8 Å². The van der Waals surface area contributed by atoms with Crippen LogP contribution in [-0.4, -0.2) is 80.6 Å². The second kappa shape index (κ2) is 9.30. The SMILES string of the molecule is CCN1CCN(CCCN[C@H]2CC(=O)N(c3ccc(OC)cc3)C2=O)CC1. The zero-order chi connectivity index (χ0) is 19.2. The lowest BCUT2D eigenvalue weighted by Crippen LogP contribution is -2.47. The van der Waals surface area contributed by atoms with E-state index in [1.54, 1.807) is 31.4 Å². The molecule has 0 radical (unpaired) electrons. The molecule has 7 heteroatoms. The van der Waals surface area contributed by atoms with Crippen LogP contribution in [-0.2, 0) is 9.59 Å². The molecule has 2 heterocycles. The van der Waals surface area contributed by atoms with E-state index in [1.807, 2.05) is 0 Å². The van der Waals surface area contributed by atoms with Crippen molar-refractivity contribution in [1.29, 1.82) is 0 Å². The zero-order valence-electron chi connectivity index (χ0n) is 16.3. The standard InChI is InChI=1S/C20H30N4O3/c1-3-22-11-13-23(14-12-22)10-4-9-21-18-15-19(25)24(20(18)26)16-5-7-17(27-2)8-6-16/h5-8,18,21H,3-4,9-15H2,1-2H3/t18-/m0/s1. The topological polar surface area (TPSA) is 65.1 Å². The van der Waals surface area contributed by atoms with Crippen molar-refractivity contribution in [2.45, 2.75) is 25.8 Å². The number of piperazine rings is 1. The van der Waals surface area contributed by atoms with Gasteiger partial charge in [-0.05, 0) is 50.3 Å². The van der Waals surface area contributed by atoms with Crippen LogP contribution in [0.15, 0.2) is 24.3 Å². The highest BCUT2D eigenvalue weighted by atomic mass is 16.5. The summed E-state index contributed by atoms with van der Waals surface area (Å²) in [6, 6.07) is 6.58. The minimum atomic E-state index is -0.420. The molecule has 1 atom stereocenters. The fourth-order valence-electron chi connectivity index (χ4n) is 3.70. The molecule has 2 aliphatic heterocycles. The second-order valence-corrected chi connectivity index (χ2v) is 7.11. The molecule has 2 aliphatic rings. The Kier molecular flexibility index (Phi) is 6.82. The van der Waals surface area contributed by atoms with E-state index in [9.17, 15) is 9.59 Å². The third kappa shape index (κ3) is 4.86.